The summed E-state index contributed by atoms with van der Waals surface area (Å²) >= 11 is 0. The number of benzene rings is 2. The number of fused-ring (bicyclic) bond motifs is 1. The number of hydrogen-bond acceptors (Lipinski definition) is 4. The first-order valence-corrected chi connectivity index (χ1v) is 9.73. The molecular weight excluding hydrogens is 350 g/mol. The molecule has 0 unspecified atom stereocenters. The van der Waals surface area contributed by atoms with Crippen LogP contribution in [-0.4, -0.2) is 28.6 Å². The predicted molar refractivity (Wildman–Crippen MR) is 111 cm³/mol. The lowest BCUT2D eigenvalue weighted by Gasteiger charge is -2.11. The van der Waals surface area contributed by atoms with Crippen LogP contribution in [0, 0.1) is 6.92 Å². The summed E-state index contributed by atoms with van der Waals surface area (Å²) in [5.41, 5.74) is 5.74. The van der Waals surface area contributed by atoms with Gasteiger partial charge in [-0.3, -0.25) is 9.78 Å². The number of carbonyl (C=O) groups excluding carboxylic acids is 1. The third kappa shape index (κ3) is 4.38. The highest BCUT2D eigenvalue weighted by Crippen LogP contribution is 2.25. The summed E-state index contributed by atoms with van der Waals surface area (Å²) in [6.45, 7) is 2.30. The first kappa shape index (κ1) is 18.6. The molecule has 2 aromatic carbocycles. The lowest BCUT2D eigenvalue weighted by Crippen LogP contribution is -2.29. The molecule has 28 heavy (non-hydrogen) atoms. The molecule has 5 nitrogen and oxygen atoms in total. The van der Waals surface area contributed by atoms with Gasteiger partial charge in [0.2, 0.25) is 5.91 Å². The maximum Gasteiger partial charge on any atom is 0.238 e. The van der Waals surface area contributed by atoms with Crippen molar-refractivity contribution in [1.29, 1.82) is 0 Å². The number of carbonyl (C=O) groups is 1. The summed E-state index contributed by atoms with van der Waals surface area (Å²) in [5.74, 6) is -0.0147. The smallest absolute Gasteiger partial charge is 0.238 e. The Morgan fingerprint density at radius 1 is 1.14 bits per heavy atom. The van der Waals surface area contributed by atoms with Crippen molar-refractivity contribution >= 4 is 22.5 Å². The largest absolute Gasteiger partial charge is 0.392 e. The molecule has 1 aliphatic carbocycles. The third-order valence-electron chi connectivity index (χ3n) is 5.04. The van der Waals surface area contributed by atoms with Gasteiger partial charge in [-0.05, 0) is 61.1 Å². The number of aliphatic hydroxyl groups excluding tert-OH is 1. The van der Waals surface area contributed by atoms with Crippen molar-refractivity contribution in [2.45, 2.75) is 38.8 Å². The van der Waals surface area contributed by atoms with Crippen LogP contribution >= 0.6 is 0 Å². The first-order chi connectivity index (χ1) is 13.6. The standard InChI is InChI=1S/C23H25N3O2/c1-15-10-18(14-27)21-7-3-5-17(23(21)25-15)11-16-4-2-6-20(12-16)26-22(28)13-24-19-8-9-19/h2-7,10,12,19,24,27H,8-9,11,13-14H2,1H3,(H,26,28). The minimum absolute atomic E-state index is 0.000275. The van der Waals surface area contributed by atoms with Crippen LogP contribution in [0.1, 0.15) is 35.2 Å². The highest BCUT2D eigenvalue weighted by Gasteiger charge is 2.21. The van der Waals surface area contributed by atoms with E-state index in [4.69, 9.17) is 4.98 Å². The Hall–Kier alpha value is -2.76. The van der Waals surface area contributed by atoms with E-state index in [1.165, 1.54) is 12.8 Å². The molecule has 0 saturated heterocycles. The molecule has 144 valence electrons. The zero-order valence-electron chi connectivity index (χ0n) is 16.0. The van der Waals surface area contributed by atoms with Crippen molar-refractivity contribution in [3.05, 3.63) is 70.9 Å². The normalized spacial score (nSPS) is 13.6. The monoisotopic (exact) mass is 375 g/mol. The lowest BCUT2D eigenvalue weighted by atomic mass is 9.99. The highest BCUT2D eigenvalue weighted by molar-refractivity contribution is 5.92. The van der Waals surface area contributed by atoms with Gasteiger partial charge in [0.25, 0.3) is 0 Å². The fourth-order valence-corrected chi connectivity index (χ4v) is 3.50. The van der Waals surface area contributed by atoms with Crippen LogP contribution in [0.3, 0.4) is 0 Å². The van der Waals surface area contributed by atoms with Gasteiger partial charge >= 0.3 is 0 Å². The fraction of sp³-hybridized carbons (Fsp3) is 0.304. The Morgan fingerprint density at radius 2 is 1.96 bits per heavy atom. The topological polar surface area (TPSA) is 74.2 Å². The summed E-state index contributed by atoms with van der Waals surface area (Å²) in [5, 5.41) is 16.8. The lowest BCUT2D eigenvalue weighted by molar-refractivity contribution is -0.115. The van der Waals surface area contributed by atoms with E-state index in [2.05, 4.69) is 22.8 Å². The number of aliphatic hydroxyl groups is 1. The van der Waals surface area contributed by atoms with Crippen LogP contribution in [0.15, 0.2) is 48.5 Å². The van der Waals surface area contributed by atoms with E-state index in [1.807, 2.05) is 43.3 Å². The maximum atomic E-state index is 12.1. The van der Waals surface area contributed by atoms with E-state index in [0.29, 0.717) is 19.0 Å². The number of nitrogens with zero attached hydrogens (tertiary/aromatic N) is 1. The molecular formula is C23H25N3O2. The van der Waals surface area contributed by atoms with Crippen LogP contribution in [-0.2, 0) is 17.8 Å². The number of hydrogen-bond donors (Lipinski definition) is 3. The number of rotatable bonds is 7. The quantitative estimate of drug-likeness (QED) is 0.592. The Labute approximate surface area is 164 Å². The minimum Gasteiger partial charge on any atom is -0.392 e. The number of para-hydroxylation sites is 1. The number of aromatic nitrogens is 1. The van der Waals surface area contributed by atoms with E-state index in [9.17, 15) is 9.90 Å². The second-order valence-corrected chi connectivity index (χ2v) is 7.47. The van der Waals surface area contributed by atoms with E-state index in [1.54, 1.807) is 0 Å². The summed E-state index contributed by atoms with van der Waals surface area (Å²) < 4.78 is 0. The van der Waals surface area contributed by atoms with E-state index < -0.39 is 0 Å². The second kappa shape index (κ2) is 8.09. The average Bonchev–Trinajstić information content (AvgIpc) is 3.51. The summed E-state index contributed by atoms with van der Waals surface area (Å²) in [6.07, 6.45) is 3.04. The SMILES string of the molecule is Cc1cc(CO)c2cccc(Cc3cccc(NC(=O)CNC4CC4)c3)c2n1. The van der Waals surface area contributed by atoms with Gasteiger partial charge in [0, 0.05) is 22.8 Å². The van der Waals surface area contributed by atoms with Crippen molar-refractivity contribution in [2.24, 2.45) is 0 Å². The molecule has 1 aromatic heterocycles. The molecule has 4 rings (SSSR count). The number of aryl methyl sites for hydroxylation is 1. The van der Waals surface area contributed by atoms with E-state index >= 15 is 0 Å². The van der Waals surface area contributed by atoms with Crippen LogP contribution in [0.2, 0.25) is 0 Å². The summed E-state index contributed by atoms with van der Waals surface area (Å²) in [4.78, 5) is 16.8. The van der Waals surface area contributed by atoms with Gasteiger partial charge < -0.3 is 15.7 Å². The third-order valence-corrected chi connectivity index (χ3v) is 5.04. The minimum atomic E-state index is -0.0147. The van der Waals surface area contributed by atoms with E-state index in [-0.39, 0.29) is 12.5 Å². The van der Waals surface area contributed by atoms with Gasteiger partial charge in [-0.25, -0.2) is 0 Å². The Balaban J connectivity index is 1.54. The average molecular weight is 375 g/mol. The van der Waals surface area contributed by atoms with Crippen molar-refractivity contribution in [3.63, 3.8) is 0 Å². The van der Waals surface area contributed by atoms with Crippen molar-refractivity contribution in [3.8, 4) is 0 Å². The van der Waals surface area contributed by atoms with Gasteiger partial charge in [-0.15, -0.1) is 0 Å². The maximum absolute atomic E-state index is 12.1. The van der Waals surface area contributed by atoms with Crippen LogP contribution in [0.5, 0.6) is 0 Å². The molecule has 1 aliphatic rings. The van der Waals surface area contributed by atoms with Gasteiger partial charge in [0.1, 0.15) is 0 Å². The van der Waals surface area contributed by atoms with Gasteiger partial charge in [0.15, 0.2) is 0 Å². The molecule has 1 amide bonds. The number of nitrogens with one attached hydrogen (secondary N) is 2. The first-order valence-electron chi connectivity index (χ1n) is 9.73. The fourth-order valence-electron chi connectivity index (χ4n) is 3.50. The van der Waals surface area contributed by atoms with Gasteiger partial charge in [0.05, 0.1) is 18.7 Å². The zero-order chi connectivity index (χ0) is 19.5. The van der Waals surface area contributed by atoms with Crippen molar-refractivity contribution in [2.75, 3.05) is 11.9 Å². The zero-order valence-corrected chi connectivity index (χ0v) is 16.0. The molecule has 3 N–H and O–H groups in total. The molecule has 0 radical (unpaired) electrons. The van der Waals surface area contributed by atoms with Crippen LogP contribution < -0.4 is 10.6 Å². The number of pyridine rings is 1. The summed E-state index contributed by atoms with van der Waals surface area (Å²) in [6, 6.07) is 16.5. The van der Waals surface area contributed by atoms with Crippen molar-refractivity contribution < 1.29 is 9.90 Å². The molecule has 1 saturated carbocycles. The molecule has 3 aromatic rings. The number of anilines is 1. The van der Waals surface area contributed by atoms with Crippen LogP contribution in [0.25, 0.3) is 10.9 Å². The van der Waals surface area contributed by atoms with Crippen LogP contribution in [0.4, 0.5) is 5.69 Å². The second-order valence-electron chi connectivity index (χ2n) is 7.47. The Morgan fingerprint density at radius 3 is 2.75 bits per heavy atom. The van der Waals surface area contributed by atoms with Crippen molar-refractivity contribution in [1.82, 2.24) is 10.3 Å². The predicted octanol–water partition coefficient (Wildman–Crippen LogP) is 3.32. The molecule has 0 aliphatic heterocycles. The molecule has 1 fully saturated rings. The van der Waals surface area contributed by atoms with Gasteiger partial charge in [-0.2, -0.15) is 0 Å². The Kier molecular flexibility index (Phi) is 5.37. The molecule has 0 atom stereocenters. The molecule has 0 spiro atoms. The molecule has 1 heterocycles. The molecule has 0 bridgehead atoms. The molecule has 5 heteroatoms. The number of amides is 1. The summed E-state index contributed by atoms with van der Waals surface area (Å²) in [7, 11) is 0. The van der Waals surface area contributed by atoms with E-state index in [0.717, 1.165) is 39.0 Å². The Bertz CT molecular complexity index is 1010. The highest BCUT2D eigenvalue weighted by atomic mass is 16.3. The van der Waals surface area contributed by atoms with Gasteiger partial charge in [-0.1, -0.05) is 30.3 Å².